The number of benzene rings is 3. The van der Waals surface area contributed by atoms with Crippen LogP contribution in [0.3, 0.4) is 0 Å². The fourth-order valence-electron chi connectivity index (χ4n) is 4.05. The maximum absolute atomic E-state index is 12.5. The average Bonchev–Trinajstić information content (AvgIpc) is 3.34. The number of carbonyl (C=O) groups excluding carboxylic acids is 1. The van der Waals surface area contributed by atoms with E-state index in [0.717, 1.165) is 33.8 Å². The Balaban J connectivity index is 1.65. The van der Waals surface area contributed by atoms with Gasteiger partial charge in [-0.15, -0.1) is 0 Å². The van der Waals surface area contributed by atoms with Gasteiger partial charge in [0.25, 0.3) is 11.6 Å². The Morgan fingerprint density at radius 1 is 0.892 bits per heavy atom. The lowest BCUT2D eigenvalue weighted by Gasteiger charge is -2.15. The van der Waals surface area contributed by atoms with Crippen LogP contribution in [0.15, 0.2) is 121 Å². The smallest absolute Gasteiger partial charge is 0.272 e. The van der Waals surface area contributed by atoms with E-state index in [-0.39, 0.29) is 11.6 Å². The molecule has 37 heavy (non-hydrogen) atoms. The van der Waals surface area contributed by atoms with Crippen LogP contribution in [0.2, 0.25) is 0 Å². The number of rotatable bonds is 7. The van der Waals surface area contributed by atoms with Crippen molar-refractivity contribution in [2.75, 3.05) is 0 Å². The van der Waals surface area contributed by atoms with Gasteiger partial charge in [0.2, 0.25) is 0 Å². The first-order valence-electron chi connectivity index (χ1n) is 11.5. The zero-order valence-electron chi connectivity index (χ0n) is 19.6. The number of aromatic nitrogens is 2. The molecule has 1 N–H and O–H groups in total. The maximum atomic E-state index is 12.5. The van der Waals surface area contributed by atoms with Crippen LogP contribution in [-0.2, 0) is 0 Å². The van der Waals surface area contributed by atoms with E-state index in [4.69, 9.17) is 0 Å². The lowest BCUT2D eigenvalue weighted by atomic mass is 10.1. The Labute approximate surface area is 212 Å². The molecule has 0 spiro atoms. The topological polar surface area (TPSA) is 102 Å². The van der Waals surface area contributed by atoms with Gasteiger partial charge in [-0.3, -0.25) is 19.9 Å². The minimum absolute atomic E-state index is 0.0123. The van der Waals surface area contributed by atoms with Crippen LogP contribution in [0, 0.1) is 10.1 Å². The molecule has 0 unspecified atom stereocenters. The van der Waals surface area contributed by atoms with E-state index in [1.807, 2.05) is 71.3 Å². The van der Waals surface area contributed by atoms with E-state index in [1.54, 1.807) is 36.7 Å². The zero-order chi connectivity index (χ0) is 25.6. The van der Waals surface area contributed by atoms with Crippen molar-refractivity contribution >= 4 is 17.8 Å². The van der Waals surface area contributed by atoms with Gasteiger partial charge in [-0.25, -0.2) is 5.43 Å². The van der Waals surface area contributed by atoms with E-state index in [0.29, 0.717) is 5.56 Å². The first kappa shape index (κ1) is 23.4. The summed E-state index contributed by atoms with van der Waals surface area (Å²) in [4.78, 5) is 27.3. The molecule has 0 aliphatic rings. The van der Waals surface area contributed by atoms with Crippen LogP contribution in [0.5, 0.6) is 0 Å². The van der Waals surface area contributed by atoms with Crippen molar-refractivity contribution in [3.63, 3.8) is 0 Å². The van der Waals surface area contributed by atoms with Crippen LogP contribution in [0.1, 0.15) is 15.9 Å². The van der Waals surface area contributed by atoms with Crippen molar-refractivity contribution < 1.29 is 9.72 Å². The molecule has 0 radical (unpaired) electrons. The predicted molar refractivity (Wildman–Crippen MR) is 143 cm³/mol. The number of carbonyl (C=O) groups is 1. The minimum atomic E-state index is -0.418. The second-order valence-corrected chi connectivity index (χ2v) is 8.12. The standard InChI is InChI=1S/C29H21N5O3/c35-29(23-12-7-17-30-19-23)32-31-20-24-18-27(21-8-3-1-4-9-21)33(28(24)22-10-5-2-6-11-22)25-13-15-26(16-14-25)34(36)37/h1-20H,(H,32,35)/b31-20-. The number of hydrogen-bond acceptors (Lipinski definition) is 5. The molecule has 0 fully saturated rings. The third-order valence-electron chi connectivity index (χ3n) is 5.76. The molecule has 0 aliphatic heterocycles. The predicted octanol–water partition coefficient (Wildman–Crippen LogP) is 5.88. The highest BCUT2D eigenvalue weighted by Crippen LogP contribution is 2.35. The molecule has 2 aromatic heterocycles. The molecular weight excluding hydrogens is 466 g/mol. The van der Waals surface area contributed by atoms with Crippen LogP contribution in [0.25, 0.3) is 28.2 Å². The molecular formula is C29H21N5O3. The van der Waals surface area contributed by atoms with Crippen molar-refractivity contribution in [2.45, 2.75) is 0 Å². The number of pyridine rings is 1. The number of nitrogens with one attached hydrogen (secondary N) is 1. The number of amides is 1. The molecule has 1 amide bonds. The highest BCUT2D eigenvalue weighted by molar-refractivity contribution is 5.96. The van der Waals surface area contributed by atoms with Gasteiger partial charge in [0.1, 0.15) is 0 Å². The molecule has 180 valence electrons. The zero-order valence-corrected chi connectivity index (χ0v) is 19.6. The summed E-state index contributed by atoms with van der Waals surface area (Å²) >= 11 is 0. The van der Waals surface area contributed by atoms with E-state index in [2.05, 4.69) is 15.5 Å². The lowest BCUT2D eigenvalue weighted by Crippen LogP contribution is -2.17. The van der Waals surface area contributed by atoms with Crippen LogP contribution < -0.4 is 5.43 Å². The molecule has 8 nitrogen and oxygen atoms in total. The summed E-state index contributed by atoms with van der Waals surface area (Å²) in [5, 5.41) is 15.5. The Morgan fingerprint density at radius 2 is 1.57 bits per heavy atom. The van der Waals surface area contributed by atoms with Crippen molar-refractivity contribution in [3.8, 4) is 28.2 Å². The molecule has 5 rings (SSSR count). The number of nitro benzene ring substituents is 1. The second kappa shape index (κ2) is 10.5. The van der Waals surface area contributed by atoms with Crippen molar-refractivity contribution in [3.05, 3.63) is 137 Å². The normalized spacial score (nSPS) is 10.9. The SMILES string of the molecule is O=C(N/N=C\c1cc(-c2ccccc2)n(-c2ccc([N+](=O)[O-])cc2)c1-c1ccccc1)c1cccnc1. The Bertz CT molecular complexity index is 1560. The van der Waals surface area contributed by atoms with Gasteiger partial charge in [-0.1, -0.05) is 60.7 Å². The summed E-state index contributed by atoms with van der Waals surface area (Å²) in [6.45, 7) is 0. The lowest BCUT2D eigenvalue weighted by molar-refractivity contribution is -0.384. The summed E-state index contributed by atoms with van der Waals surface area (Å²) in [5.41, 5.74) is 8.05. The number of hydrazone groups is 1. The summed E-state index contributed by atoms with van der Waals surface area (Å²) in [6, 6.07) is 31.4. The number of nitro groups is 1. The molecule has 8 heteroatoms. The van der Waals surface area contributed by atoms with E-state index in [1.165, 1.54) is 18.3 Å². The first-order valence-corrected chi connectivity index (χ1v) is 11.5. The monoisotopic (exact) mass is 487 g/mol. The Morgan fingerprint density at radius 3 is 2.19 bits per heavy atom. The molecule has 0 atom stereocenters. The van der Waals surface area contributed by atoms with Crippen molar-refractivity contribution in [1.82, 2.24) is 15.0 Å². The van der Waals surface area contributed by atoms with Gasteiger partial charge in [0, 0.05) is 35.8 Å². The summed E-state index contributed by atoms with van der Waals surface area (Å²) in [5.74, 6) is -0.372. The summed E-state index contributed by atoms with van der Waals surface area (Å²) < 4.78 is 2.04. The average molecular weight is 488 g/mol. The summed E-state index contributed by atoms with van der Waals surface area (Å²) in [7, 11) is 0. The molecule has 0 saturated carbocycles. The Kier molecular flexibility index (Phi) is 6.63. The molecule has 2 heterocycles. The molecule has 3 aromatic carbocycles. The summed E-state index contributed by atoms with van der Waals surface area (Å²) in [6.07, 6.45) is 4.67. The highest BCUT2D eigenvalue weighted by atomic mass is 16.6. The minimum Gasteiger partial charge on any atom is -0.309 e. The van der Waals surface area contributed by atoms with Gasteiger partial charge in [0.05, 0.1) is 28.1 Å². The largest absolute Gasteiger partial charge is 0.309 e. The molecule has 0 bridgehead atoms. The van der Waals surface area contributed by atoms with E-state index < -0.39 is 4.92 Å². The van der Waals surface area contributed by atoms with Crippen LogP contribution in [0.4, 0.5) is 5.69 Å². The molecule has 5 aromatic rings. The quantitative estimate of drug-likeness (QED) is 0.176. The van der Waals surface area contributed by atoms with Crippen molar-refractivity contribution in [1.29, 1.82) is 0 Å². The number of nitrogens with zero attached hydrogens (tertiary/aromatic N) is 4. The second-order valence-electron chi connectivity index (χ2n) is 8.12. The van der Waals surface area contributed by atoms with E-state index in [9.17, 15) is 14.9 Å². The highest BCUT2D eigenvalue weighted by Gasteiger charge is 2.19. The van der Waals surface area contributed by atoms with Gasteiger partial charge < -0.3 is 4.57 Å². The first-order chi connectivity index (χ1) is 18.1. The number of hydrogen-bond donors (Lipinski definition) is 1. The van der Waals surface area contributed by atoms with Gasteiger partial charge in [-0.05, 0) is 41.5 Å². The van der Waals surface area contributed by atoms with E-state index >= 15 is 0 Å². The van der Waals surface area contributed by atoms with Crippen LogP contribution >= 0.6 is 0 Å². The Hall–Kier alpha value is -5.37. The van der Waals surface area contributed by atoms with Crippen molar-refractivity contribution in [2.24, 2.45) is 5.10 Å². The molecule has 0 aliphatic carbocycles. The van der Waals surface area contributed by atoms with Crippen LogP contribution in [-0.4, -0.2) is 26.6 Å². The fourth-order valence-corrected chi connectivity index (χ4v) is 4.05. The van der Waals surface area contributed by atoms with Gasteiger partial charge in [0.15, 0.2) is 0 Å². The number of non-ortho nitro benzene ring substituents is 1. The third-order valence-corrected chi connectivity index (χ3v) is 5.76. The third kappa shape index (κ3) is 5.03. The van der Waals surface area contributed by atoms with Gasteiger partial charge in [-0.2, -0.15) is 5.10 Å². The fraction of sp³-hybridized carbons (Fsp3) is 0. The van der Waals surface area contributed by atoms with Gasteiger partial charge >= 0.3 is 0 Å². The maximum Gasteiger partial charge on any atom is 0.272 e. The molecule has 0 saturated heterocycles.